The molecule has 1 heterocycles. The van der Waals surface area contributed by atoms with Crippen LogP contribution in [0.4, 0.5) is 5.69 Å². The molecule has 0 aliphatic carbocycles. The molecule has 8 nitrogen and oxygen atoms in total. The van der Waals surface area contributed by atoms with Crippen molar-refractivity contribution in [2.75, 3.05) is 31.6 Å². The molecule has 1 fully saturated rings. The van der Waals surface area contributed by atoms with Crippen molar-refractivity contribution in [3.05, 3.63) is 53.1 Å². The topological polar surface area (TPSA) is 102 Å². The number of halogens is 1. The van der Waals surface area contributed by atoms with E-state index in [1.807, 2.05) is 13.8 Å². The summed E-state index contributed by atoms with van der Waals surface area (Å²) in [6.45, 7) is 4.18. The van der Waals surface area contributed by atoms with E-state index in [0.717, 1.165) is 5.56 Å². The highest BCUT2D eigenvalue weighted by molar-refractivity contribution is 7.89. The first kappa shape index (κ1) is 25.0. The van der Waals surface area contributed by atoms with Gasteiger partial charge in [0.15, 0.2) is 6.61 Å². The van der Waals surface area contributed by atoms with Crippen LogP contribution in [0.2, 0.25) is 5.02 Å². The number of anilines is 1. The highest BCUT2D eigenvalue weighted by atomic mass is 35.5. The molecule has 33 heavy (non-hydrogen) atoms. The lowest BCUT2D eigenvalue weighted by Crippen LogP contribution is -2.40. The van der Waals surface area contributed by atoms with Crippen molar-refractivity contribution in [2.45, 2.75) is 31.6 Å². The molecule has 0 unspecified atom stereocenters. The van der Waals surface area contributed by atoms with E-state index in [1.54, 1.807) is 30.3 Å². The van der Waals surface area contributed by atoms with Crippen molar-refractivity contribution < 1.29 is 27.5 Å². The van der Waals surface area contributed by atoms with Crippen molar-refractivity contribution in [3.8, 4) is 5.75 Å². The average Bonchev–Trinajstić information content (AvgIpc) is 2.80. The van der Waals surface area contributed by atoms with Gasteiger partial charge in [0.1, 0.15) is 5.75 Å². The predicted octanol–water partition coefficient (Wildman–Crippen LogP) is 3.63. The minimum absolute atomic E-state index is 0.180. The SMILES string of the molecule is CCOc1ccc(S(=O)(=O)N2CCC(C(=O)OCC(=O)Nc3ccc(C)c(Cl)c3)CC2)cc1. The van der Waals surface area contributed by atoms with Crippen molar-refractivity contribution in [1.82, 2.24) is 4.31 Å². The van der Waals surface area contributed by atoms with E-state index in [9.17, 15) is 18.0 Å². The van der Waals surface area contributed by atoms with Crippen molar-refractivity contribution in [1.29, 1.82) is 0 Å². The molecular formula is C23H27ClN2O6S. The summed E-state index contributed by atoms with van der Waals surface area (Å²) in [6, 6.07) is 11.4. The van der Waals surface area contributed by atoms with Crippen LogP contribution in [0.25, 0.3) is 0 Å². The van der Waals surface area contributed by atoms with Gasteiger partial charge in [-0.2, -0.15) is 4.31 Å². The van der Waals surface area contributed by atoms with Gasteiger partial charge in [-0.25, -0.2) is 8.42 Å². The molecule has 0 bridgehead atoms. The van der Waals surface area contributed by atoms with Crippen LogP contribution in [0.5, 0.6) is 5.75 Å². The molecule has 0 atom stereocenters. The highest BCUT2D eigenvalue weighted by Gasteiger charge is 2.33. The van der Waals surface area contributed by atoms with E-state index < -0.39 is 34.4 Å². The molecule has 0 spiro atoms. The molecule has 178 valence electrons. The lowest BCUT2D eigenvalue weighted by Gasteiger charge is -2.30. The molecule has 1 saturated heterocycles. The number of sulfonamides is 1. The van der Waals surface area contributed by atoms with E-state index in [2.05, 4.69) is 5.32 Å². The summed E-state index contributed by atoms with van der Waals surface area (Å²) in [7, 11) is -3.66. The molecule has 2 aromatic rings. The Morgan fingerprint density at radius 3 is 2.39 bits per heavy atom. The molecule has 1 aliphatic heterocycles. The molecule has 1 amide bonds. The number of nitrogens with zero attached hydrogens (tertiary/aromatic N) is 1. The summed E-state index contributed by atoms with van der Waals surface area (Å²) in [5.41, 5.74) is 1.40. The van der Waals surface area contributed by atoms with Crippen LogP contribution in [0.15, 0.2) is 47.4 Å². The number of nitrogens with one attached hydrogen (secondary N) is 1. The second kappa shape index (κ2) is 11.0. The first-order valence-corrected chi connectivity index (χ1v) is 12.5. The highest BCUT2D eigenvalue weighted by Crippen LogP contribution is 2.26. The zero-order valence-electron chi connectivity index (χ0n) is 18.5. The van der Waals surface area contributed by atoms with Crippen LogP contribution >= 0.6 is 11.6 Å². The van der Waals surface area contributed by atoms with Gasteiger partial charge in [0.2, 0.25) is 10.0 Å². The van der Waals surface area contributed by atoms with Gasteiger partial charge in [-0.1, -0.05) is 17.7 Å². The standard InChI is InChI=1S/C23H27ClN2O6S/c1-3-31-19-6-8-20(9-7-19)33(29,30)26-12-10-17(11-13-26)23(28)32-15-22(27)25-18-5-4-16(2)21(24)14-18/h4-9,14,17H,3,10-13,15H2,1-2H3,(H,25,27). The molecule has 10 heteroatoms. The number of hydrogen-bond donors (Lipinski definition) is 1. The Morgan fingerprint density at radius 2 is 1.79 bits per heavy atom. The van der Waals surface area contributed by atoms with Gasteiger partial charge in [-0.3, -0.25) is 9.59 Å². The Morgan fingerprint density at radius 1 is 1.12 bits per heavy atom. The molecule has 0 radical (unpaired) electrons. The second-order valence-corrected chi connectivity index (χ2v) is 10.0. The quantitative estimate of drug-likeness (QED) is 0.562. The molecule has 3 rings (SSSR count). The van der Waals surface area contributed by atoms with Gasteiger partial charge < -0.3 is 14.8 Å². The summed E-state index contributed by atoms with van der Waals surface area (Å²) in [6.07, 6.45) is 0.647. The average molecular weight is 495 g/mol. The summed E-state index contributed by atoms with van der Waals surface area (Å²) in [4.78, 5) is 24.6. The second-order valence-electron chi connectivity index (χ2n) is 7.70. The maximum Gasteiger partial charge on any atom is 0.309 e. The van der Waals surface area contributed by atoms with Crippen LogP contribution in [0.1, 0.15) is 25.3 Å². The summed E-state index contributed by atoms with van der Waals surface area (Å²) >= 11 is 6.04. The Hall–Kier alpha value is -2.62. The predicted molar refractivity (Wildman–Crippen MR) is 125 cm³/mol. The maximum absolute atomic E-state index is 12.9. The largest absolute Gasteiger partial charge is 0.494 e. The van der Waals surface area contributed by atoms with Crippen LogP contribution in [-0.4, -0.2) is 50.9 Å². The third-order valence-corrected chi connectivity index (χ3v) is 7.68. The summed E-state index contributed by atoms with van der Waals surface area (Å²) in [5.74, 6) is -0.838. The van der Waals surface area contributed by atoms with Crippen molar-refractivity contribution >= 4 is 39.2 Å². The third-order valence-electron chi connectivity index (χ3n) is 5.36. The zero-order valence-corrected chi connectivity index (χ0v) is 20.1. The lowest BCUT2D eigenvalue weighted by atomic mass is 9.98. The number of benzene rings is 2. The lowest BCUT2D eigenvalue weighted by molar-refractivity contribution is -0.152. The Balaban J connectivity index is 1.48. The number of ether oxygens (including phenoxy) is 2. The van der Waals surface area contributed by atoms with Crippen LogP contribution in [0, 0.1) is 12.8 Å². The number of carbonyl (C=O) groups is 2. The Kier molecular flexibility index (Phi) is 8.34. The van der Waals surface area contributed by atoms with Gasteiger partial charge in [0.25, 0.3) is 5.91 Å². The van der Waals surface area contributed by atoms with E-state index in [0.29, 0.717) is 35.9 Å². The van der Waals surface area contributed by atoms with Gasteiger partial charge in [-0.05, 0) is 68.7 Å². The minimum Gasteiger partial charge on any atom is -0.494 e. The third kappa shape index (κ3) is 6.46. The Labute approximate surface area is 198 Å². The molecule has 0 aromatic heterocycles. The maximum atomic E-state index is 12.9. The fourth-order valence-corrected chi connectivity index (χ4v) is 5.13. The fraction of sp³-hybridized carbons (Fsp3) is 0.391. The smallest absolute Gasteiger partial charge is 0.309 e. The number of rotatable bonds is 8. The van der Waals surface area contributed by atoms with Crippen LogP contribution < -0.4 is 10.1 Å². The van der Waals surface area contributed by atoms with Crippen LogP contribution in [-0.2, 0) is 24.3 Å². The molecule has 1 N–H and O–H groups in total. The van der Waals surface area contributed by atoms with E-state index in [4.69, 9.17) is 21.1 Å². The van der Waals surface area contributed by atoms with Gasteiger partial charge in [0, 0.05) is 23.8 Å². The van der Waals surface area contributed by atoms with E-state index >= 15 is 0 Å². The number of carbonyl (C=O) groups excluding carboxylic acids is 2. The van der Waals surface area contributed by atoms with Crippen molar-refractivity contribution in [3.63, 3.8) is 0 Å². The first-order chi connectivity index (χ1) is 15.7. The monoisotopic (exact) mass is 494 g/mol. The van der Waals surface area contributed by atoms with Gasteiger partial charge >= 0.3 is 5.97 Å². The molecule has 1 aliphatic rings. The van der Waals surface area contributed by atoms with Gasteiger partial charge in [-0.15, -0.1) is 0 Å². The molecule has 2 aromatic carbocycles. The van der Waals surface area contributed by atoms with E-state index in [1.165, 1.54) is 16.4 Å². The molecule has 0 saturated carbocycles. The normalized spacial score (nSPS) is 15.1. The number of piperidine rings is 1. The summed E-state index contributed by atoms with van der Waals surface area (Å²) in [5, 5.41) is 3.15. The number of hydrogen-bond acceptors (Lipinski definition) is 6. The van der Waals surface area contributed by atoms with E-state index in [-0.39, 0.29) is 18.0 Å². The summed E-state index contributed by atoms with van der Waals surface area (Å²) < 4.78 is 37.6. The van der Waals surface area contributed by atoms with Crippen molar-refractivity contribution in [2.24, 2.45) is 5.92 Å². The Bertz CT molecular complexity index is 1100. The first-order valence-electron chi connectivity index (χ1n) is 10.7. The van der Waals surface area contributed by atoms with Crippen LogP contribution in [0.3, 0.4) is 0 Å². The van der Waals surface area contributed by atoms with Gasteiger partial charge in [0.05, 0.1) is 17.4 Å². The zero-order chi connectivity index (χ0) is 24.0. The minimum atomic E-state index is -3.66. The number of amides is 1. The molecular weight excluding hydrogens is 468 g/mol. The fourth-order valence-electron chi connectivity index (χ4n) is 3.48. The number of esters is 1. The number of aryl methyl sites for hydroxylation is 1.